The van der Waals surface area contributed by atoms with Crippen LogP contribution in [0.2, 0.25) is 0 Å². The van der Waals surface area contributed by atoms with E-state index in [-0.39, 0.29) is 12.5 Å². The Morgan fingerprint density at radius 2 is 1.80 bits per heavy atom. The lowest BCUT2D eigenvalue weighted by molar-refractivity contribution is -0.116. The second-order valence-corrected chi connectivity index (χ2v) is 12.2. The number of benzene rings is 1. The number of carbonyl (C=O) groups excluding carboxylic acids is 1. The number of nitrogens with one attached hydrogen (secondary N) is 4. The van der Waals surface area contributed by atoms with Crippen molar-refractivity contribution in [3.8, 4) is 33.8 Å². The Morgan fingerprint density at radius 3 is 2.61 bits per heavy atom. The number of aromatic nitrogens is 7. The third-order valence-corrected chi connectivity index (χ3v) is 7.62. The molecule has 0 aliphatic rings. The lowest BCUT2D eigenvalue weighted by atomic mass is 10.0. The number of hydrogen-bond acceptors (Lipinski definition) is 8. The molecule has 0 bridgehead atoms. The molecule has 0 fully saturated rings. The van der Waals surface area contributed by atoms with E-state index < -0.39 is 15.8 Å². The zero-order valence-corrected chi connectivity index (χ0v) is 24.7. The smallest absolute Gasteiger partial charge is 0.224 e. The topological polar surface area (TPSA) is 171 Å². The number of nitrogens with zero attached hydrogens (tertiary/aromatic N) is 5. The van der Waals surface area contributed by atoms with Crippen LogP contribution in [-0.4, -0.2) is 55.7 Å². The quantitative estimate of drug-likeness (QED) is 0.168. The Balaban J connectivity index is 1.35. The largest absolute Gasteiger partial charge is 0.335 e. The number of aromatic amines is 2. The van der Waals surface area contributed by atoms with Crippen LogP contribution in [0.5, 0.6) is 0 Å². The maximum atomic E-state index is 14.6. The van der Waals surface area contributed by atoms with Gasteiger partial charge < -0.3 is 10.3 Å². The van der Waals surface area contributed by atoms with Gasteiger partial charge in [0.1, 0.15) is 11.5 Å². The van der Waals surface area contributed by atoms with Gasteiger partial charge in [0.25, 0.3) is 0 Å². The molecule has 0 saturated carbocycles. The molecule has 12 nitrogen and oxygen atoms in total. The van der Waals surface area contributed by atoms with Gasteiger partial charge in [-0.15, -0.1) is 0 Å². The van der Waals surface area contributed by atoms with Crippen LogP contribution in [0.3, 0.4) is 0 Å². The van der Waals surface area contributed by atoms with Crippen molar-refractivity contribution >= 4 is 43.7 Å². The van der Waals surface area contributed by atoms with Crippen LogP contribution in [0.1, 0.15) is 31.7 Å². The van der Waals surface area contributed by atoms with E-state index in [0.717, 1.165) is 30.2 Å². The van der Waals surface area contributed by atoms with Crippen molar-refractivity contribution in [2.24, 2.45) is 0 Å². The summed E-state index contributed by atoms with van der Waals surface area (Å²) < 4.78 is 40.1. The minimum Gasteiger partial charge on any atom is -0.335 e. The summed E-state index contributed by atoms with van der Waals surface area (Å²) in [5.41, 5.74) is 5.86. The highest BCUT2D eigenvalue weighted by Gasteiger charge is 2.18. The van der Waals surface area contributed by atoms with Gasteiger partial charge in [-0.05, 0) is 47.9 Å². The van der Waals surface area contributed by atoms with Gasteiger partial charge in [-0.25, -0.2) is 27.5 Å². The van der Waals surface area contributed by atoms with Crippen LogP contribution in [0.4, 0.5) is 10.1 Å². The Hall–Kier alpha value is -5.08. The molecule has 44 heavy (non-hydrogen) atoms. The van der Waals surface area contributed by atoms with Crippen molar-refractivity contribution in [3.63, 3.8) is 0 Å². The molecule has 0 radical (unpaired) electrons. The molecule has 6 rings (SSSR count). The third-order valence-electron chi connectivity index (χ3n) is 6.95. The van der Waals surface area contributed by atoms with Crippen LogP contribution < -0.4 is 10.0 Å². The molecule has 0 spiro atoms. The molecule has 6 aromatic rings. The van der Waals surface area contributed by atoms with Gasteiger partial charge in [0.2, 0.25) is 15.9 Å². The predicted octanol–water partition coefficient (Wildman–Crippen LogP) is 4.94. The highest BCUT2D eigenvalue weighted by molar-refractivity contribution is 7.88. The zero-order valence-electron chi connectivity index (χ0n) is 23.8. The fraction of sp³-hybridized carbons (Fsp3) is 0.200. The van der Waals surface area contributed by atoms with Gasteiger partial charge >= 0.3 is 0 Å². The molecule has 224 valence electrons. The van der Waals surface area contributed by atoms with Gasteiger partial charge in [-0.1, -0.05) is 13.3 Å². The van der Waals surface area contributed by atoms with Gasteiger partial charge in [0.05, 0.1) is 40.8 Å². The average molecular weight is 614 g/mol. The van der Waals surface area contributed by atoms with Gasteiger partial charge in [0.15, 0.2) is 11.5 Å². The molecule has 5 heterocycles. The van der Waals surface area contributed by atoms with Crippen molar-refractivity contribution in [3.05, 3.63) is 72.7 Å². The first kappa shape index (κ1) is 29.0. The Kier molecular flexibility index (Phi) is 7.84. The van der Waals surface area contributed by atoms with Crippen LogP contribution >= 0.6 is 0 Å². The zero-order chi connectivity index (χ0) is 30.8. The van der Waals surface area contributed by atoms with Crippen LogP contribution in [0.25, 0.3) is 55.8 Å². The maximum absolute atomic E-state index is 14.6. The predicted molar refractivity (Wildman–Crippen MR) is 165 cm³/mol. The summed E-state index contributed by atoms with van der Waals surface area (Å²) in [7, 11) is -3.46. The molecule has 14 heteroatoms. The number of rotatable bonds is 10. The molecule has 0 saturated heterocycles. The fourth-order valence-corrected chi connectivity index (χ4v) is 5.28. The summed E-state index contributed by atoms with van der Waals surface area (Å²) in [6.45, 7) is 1.98. The second-order valence-electron chi connectivity index (χ2n) is 10.4. The minimum atomic E-state index is -3.46. The Bertz CT molecular complexity index is 2130. The lowest BCUT2D eigenvalue weighted by Crippen LogP contribution is -2.21. The first-order valence-corrected chi connectivity index (χ1v) is 15.7. The number of imidazole rings is 1. The number of halogens is 1. The molecular formula is C30H28FN9O3S. The van der Waals surface area contributed by atoms with Crippen molar-refractivity contribution in [2.75, 3.05) is 11.6 Å². The third kappa shape index (κ3) is 6.31. The maximum Gasteiger partial charge on any atom is 0.224 e. The summed E-state index contributed by atoms with van der Waals surface area (Å²) in [5, 5.41) is 11.0. The van der Waals surface area contributed by atoms with Gasteiger partial charge in [0, 0.05) is 48.2 Å². The SMILES string of the molecule is CCCCC(=O)Nc1cncc(-c2cnc3[nH]nc(-c4nc5c(-c6cc(F)cc(CNS(C)(=O)=O)c6)cncc5[nH]4)c3c2)c1. The molecule has 0 aliphatic heterocycles. The molecule has 4 N–H and O–H groups in total. The molecule has 5 aromatic heterocycles. The van der Waals surface area contributed by atoms with Gasteiger partial charge in [-0.3, -0.25) is 19.9 Å². The van der Waals surface area contributed by atoms with E-state index in [4.69, 9.17) is 4.98 Å². The number of anilines is 1. The van der Waals surface area contributed by atoms with Crippen LogP contribution in [0, 0.1) is 5.82 Å². The van der Waals surface area contributed by atoms with Crippen molar-refractivity contribution in [1.82, 2.24) is 39.8 Å². The number of pyridine rings is 3. The summed E-state index contributed by atoms with van der Waals surface area (Å²) in [6, 6.07) is 8.08. The molecule has 0 atom stereocenters. The van der Waals surface area contributed by atoms with E-state index in [1.165, 1.54) is 12.1 Å². The number of fused-ring (bicyclic) bond motifs is 2. The van der Waals surface area contributed by atoms with Crippen molar-refractivity contribution in [1.29, 1.82) is 0 Å². The lowest BCUT2D eigenvalue weighted by Gasteiger charge is -2.07. The first-order valence-electron chi connectivity index (χ1n) is 13.8. The van der Waals surface area contributed by atoms with Crippen molar-refractivity contribution < 1.29 is 17.6 Å². The number of unbranched alkanes of at least 4 members (excludes halogenated alkanes) is 1. The first-order chi connectivity index (χ1) is 21.2. The highest BCUT2D eigenvalue weighted by atomic mass is 32.2. The normalized spacial score (nSPS) is 11.8. The van der Waals surface area contributed by atoms with E-state index in [2.05, 4.69) is 40.2 Å². The van der Waals surface area contributed by atoms with E-state index >= 15 is 0 Å². The number of amides is 1. The van der Waals surface area contributed by atoms with E-state index in [1.54, 1.807) is 37.1 Å². The van der Waals surface area contributed by atoms with Crippen LogP contribution in [0.15, 0.2) is 61.3 Å². The summed E-state index contributed by atoms with van der Waals surface area (Å²) >= 11 is 0. The summed E-state index contributed by atoms with van der Waals surface area (Å²) in [5.74, 6) is -0.128. The van der Waals surface area contributed by atoms with Crippen LogP contribution in [-0.2, 0) is 21.4 Å². The summed E-state index contributed by atoms with van der Waals surface area (Å²) in [6.07, 6.45) is 11.4. The molecule has 0 unspecified atom stereocenters. The molecular weight excluding hydrogens is 585 g/mol. The Morgan fingerprint density at radius 1 is 0.977 bits per heavy atom. The van der Waals surface area contributed by atoms with E-state index in [9.17, 15) is 17.6 Å². The summed E-state index contributed by atoms with van der Waals surface area (Å²) in [4.78, 5) is 33.4. The minimum absolute atomic E-state index is 0.0585. The van der Waals surface area contributed by atoms with Gasteiger partial charge in [-0.2, -0.15) is 5.10 Å². The number of H-pyrrole nitrogens is 2. The number of sulfonamides is 1. The van der Waals surface area contributed by atoms with Crippen molar-refractivity contribution in [2.45, 2.75) is 32.7 Å². The standard InChI is InChI=1S/C30H28FN9O3S/c1-3-4-5-26(41)36-22-9-19(12-32-14-22)20-10-23-28(39-40-29(23)34-13-20)30-37-25-16-33-15-24(27(25)38-30)18-6-17(7-21(31)8-18)11-35-44(2,42)43/h6-10,12-16,35H,3-5,11H2,1-2H3,(H,36,41)(H,37,38)(H,34,39,40). The fourth-order valence-electron chi connectivity index (χ4n) is 4.85. The average Bonchev–Trinajstić information content (AvgIpc) is 3.62. The molecule has 1 amide bonds. The number of hydrogen-bond donors (Lipinski definition) is 4. The molecule has 0 aliphatic carbocycles. The Labute approximate surface area is 251 Å². The second kappa shape index (κ2) is 11.9. The molecule has 1 aromatic carbocycles. The highest BCUT2D eigenvalue weighted by Crippen LogP contribution is 2.33. The monoisotopic (exact) mass is 613 g/mol. The van der Waals surface area contributed by atoms with E-state index in [1.807, 2.05) is 19.1 Å². The number of carbonyl (C=O) groups is 1. The van der Waals surface area contributed by atoms with E-state index in [0.29, 0.717) is 62.4 Å².